The first-order valence-corrected chi connectivity index (χ1v) is 17.2. The van der Waals surface area contributed by atoms with Crippen molar-refractivity contribution in [3.05, 3.63) is 59.7 Å². The highest BCUT2D eigenvalue weighted by Crippen LogP contribution is 2.42. The molecule has 12 heteroatoms. The first kappa shape index (κ1) is 28.3. The molecule has 10 nitrogen and oxygen atoms in total. The molecule has 0 bridgehead atoms. The average Bonchev–Trinajstić information content (AvgIpc) is 3.17. The molecule has 40 heavy (non-hydrogen) atoms. The molecule has 3 aromatic rings. The fourth-order valence-corrected chi connectivity index (χ4v) is 7.30. The summed E-state index contributed by atoms with van der Waals surface area (Å²) >= 11 is 0. The number of hydrogen-bond donors (Lipinski definition) is 1. The van der Waals surface area contributed by atoms with Crippen LogP contribution in [-0.4, -0.2) is 69.2 Å². The Hall–Kier alpha value is -3.25. The van der Waals surface area contributed by atoms with E-state index < -0.39 is 19.7 Å². The zero-order valence-corrected chi connectivity index (χ0v) is 25.0. The van der Waals surface area contributed by atoms with E-state index in [9.17, 15) is 16.8 Å². The van der Waals surface area contributed by atoms with Crippen LogP contribution in [0, 0.1) is 0 Å². The smallest absolute Gasteiger partial charge is 0.179 e. The number of benzene rings is 1. The number of pyridine rings is 1. The van der Waals surface area contributed by atoms with Crippen LogP contribution in [0.15, 0.2) is 47.8 Å². The van der Waals surface area contributed by atoms with Crippen LogP contribution in [-0.2, 0) is 38.1 Å². The summed E-state index contributed by atoms with van der Waals surface area (Å²) in [5.74, 6) is 1.54. The van der Waals surface area contributed by atoms with Crippen molar-refractivity contribution < 1.29 is 16.8 Å². The van der Waals surface area contributed by atoms with Crippen LogP contribution >= 0.6 is 0 Å². The molecule has 1 N–H and O–H groups in total. The van der Waals surface area contributed by atoms with Gasteiger partial charge in [0.05, 0.1) is 18.0 Å². The fraction of sp³-hybridized carbons (Fsp3) is 0.464. The second-order valence-electron chi connectivity index (χ2n) is 11.2. The SMILES string of the molecule is CCS(=O)(=O)CCCN1CC(C)(C)c2ccc(Nc3ncnc4c3CCN(c3ncccc3S(C)(=O)=O)C4)cc21. The van der Waals surface area contributed by atoms with E-state index in [0.717, 1.165) is 35.0 Å². The van der Waals surface area contributed by atoms with E-state index in [1.807, 2.05) is 4.90 Å². The minimum absolute atomic E-state index is 0.0364. The van der Waals surface area contributed by atoms with Gasteiger partial charge in [0, 0.05) is 60.2 Å². The lowest BCUT2D eigenvalue weighted by molar-refractivity contribution is 0.548. The third-order valence-electron chi connectivity index (χ3n) is 7.70. The predicted octanol–water partition coefficient (Wildman–Crippen LogP) is 3.50. The molecule has 0 amide bonds. The van der Waals surface area contributed by atoms with Gasteiger partial charge in [-0.25, -0.2) is 31.8 Å². The second-order valence-corrected chi connectivity index (χ2v) is 15.6. The lowest BCUT2D eigenvalue weighted by Crippen LogP contribution is -2.33. The molecule has 4 heterocycles. The largest absolute Gasteiger partial charge is 0.370 e. The molecule has 214 valence electrons. The van der Waals surface area contributed by atoms with Crippen molar-refractivity contribution in [1.29, 1.82) is 0 Å². The molecule has 0 saturated heterocycles. The average molecular weight is 585 g/mol. The van der Waals surface area contributed by atoms with Crippen LogP contribution < -0.4 is 15.1 Å². The third-order valence-corrected chi connectivity index (χ3v) is 10.6. The number of nitrogens with zero attached hydrogens (tertiary/aromatic N) is 5. The van der Waals surface area contributed by atoms with Crippen LogP contribution in [0.4, 0.5) is 23.0 Å². The van der Waals surface area contributed by atoms with Crippen molar-refractivity contribution in [2.24, 2.45) is 0 Å². The molecule has 2 aromatic heterocycles. The number of nitrogens with one attached hydrogen (secondary N) is 1. The molecule has 0 unspecified atom stereocenters. The van der Waals surface area contributed by atoms with Crippen molar-refractivity contribution in [3.8, 4) is 0 Å². The van der Waals surface area contributed by atoms with Crippen molar-refractivity contribution in [1.82, 2.24) is 15.0 Å². The van der Waals surface area contributed by atoms with Crippen molar-refractivity contribution in [2.45, 2.75) is 50.5 Å². The monoisotopic (exact) mass is 584 g/mol. The quantitative estimate of drug-likeness (QED) is 0.399. The van der Waals surface area contributed by atoms with Crippen LogP contribution in [0.2, 0.25) is 0 Å². The van der Waals surface area contributed by atoms with Crippen molar-refractivity contribution >= 4 is 42.7 Å². The molecule has 0 radical (unpaired) electrons. The predicted molar refractivity (Wildman–Crippen MR) is 158 cm³/mol. The van der Waals surface area contributed by atoms with Gasteiger partial charge in [-0.1, -0.05) is 26.8 Å². The fourth-order valence-electron chi connectivity index (χ4n) is 5.60. The van der Waals surface area contributed by atoms with Crippen LogP contribution in [0.3, 0.4) is 0 Å². The van der Waals surface area contributed by atoms with Gasteiger partial charge < -0.3 is 15.1 Å². The Morgan fingerprint density at radius 1 is 1.07 bits per heavy atom. The number of fused-ring (bicyclic) bond motifs is 2. The highest BCUT2D eigenvalue weighted by Gasteiger charge is 2.35. The number of anilines is 4. The summed E-state index contributed by atoms with van der Waals surface area (Å²) in [6, 6.07) is 9.54. The Bertz CT molecular complexity index is 1640. The van der Waals surface area contributed by atoms with E-state index in [1.54, 1.807) is 25.3 Å². The number of rotatable bonds is 9. The summed E-state index contributed by atoms with van der Waals surface area (Å²) in [5.41, 5.74) is 5.05. The Morgan fingerprint density at radius 2 is 1.88 bits per heavy atom. The maximum absolute atomic E-state index is 12.3. The Labute approximate surface area is 236 Å². The maximum atomic E-state index is 12.3. The molecule has 0 aliphatic carbocycles. The first-order valence-electron chi connectivity index (χ1n) is 13.5. The van der Waals surface area contributed by atoms with Crippen molar-refractivity contribution in [2.75, 3.05) is 52.5 Å². The molecule has 2 aliphatic rings. The van der Waals surface area contributed by atoms with E-state index in [1.165, 1.54) is 18.1 Å². The van der Waals surface area contributed by atoms with Gasteiger partial charge in [-0.2, -0.15) is 0 Å². The van der Waals surface area contributed by atoms with Crippen LogP contribution in [0.5, 0.6) is 0 Å². The van der Waals surface area contributed by atoms with E-state index in [4.69, 9.17) is 0 Å². The Morgan fingerprint density at radius 3 is 2.62 bits per heavy atom. The molecule has 0 saturated carbocycles. The summed E-state index contributed by atoms with van der Waals surface area (Å²) in [6.07, 6.45) is 5.55. The lowest BCUT2D eigenvalue weighted by Gasteiger charge is -2.30. The van der Waals surface area contributed by atoms with E-state index in [-0.39, 0.29) is 21.8 Å². The minimum atomic E-state index is -3.42. The van der Waals surface area contributed by atoms with Crippen molar-refractivity contribution in [3.63, 3.8) is 0 Å². The molecule has 0 spiro atoms. The van der Waals surface area contributed by atoms with E-state index >= 15 is 0 Å². The Kier molecular flexibility index (Phi) is 7.51. The zero-order chi connectivity index (χ0) is 28.7. The van der Waals surface area contributed by atoms with Gasteiger partial charge in [0.25, 0.3) is 0 Å². The summed E-state index contributed by atoms with van der Waals surface area (Å²) in [6.45, 7) is 8.65. The first-order chi connectivity index (χ1) is 18.9. The maximum Gasteiger partial charge on any atom is 0.179 e. The second kappa shape index (κ2) is 10.6. The van der Waals surface area contributed by atoms with Gasteiger partial charge in [-0.05, 0) is 42.7 Å². The topological polar surface area (TPSA) is 125 Å². The molecule has 1 aromatic carbocycles. The van der Waals surface area contributed by atoms with Gasteiger partial charge >= 0.3 is 0 Å². The van der Waals surface area contributed by atoms with Gasteiger partial charge in [0.1, 0.15) is 32.7 Å². The zero-order valence-electron chi connectivity index (χ0n) is 23.4. The summed E-state index contributed by atoms with van der Waals surface area (Å²) in [7, 11) is -6.42. The molecule has 0 atom stereocenters. The third kappa shape index (κ3) is 5.78. The highest BCUT2D eigenvalue weighted by atomic mass is 32.2. The highest BCUT2D eigenvalue weighted by molar-refractivity contribution is 7.91. The number of hydrogen-bond acceptors (Lipinski definition) is 10. The van der Waals surface area contributed by atoms with Crippen LogP contribution in [0.1, 0.15) is 44.0 Å². The standard InChI is InChI=1S/C28H36N6O4S2/c1-5-40(37,38)15-7-13-34-18-28(2,3)22-10-9-20(16-24(22)34)32-26-21-11-14-33(17-23(21)30-19-31-26)27-25(39(4,35)36)8-6-12-29-27/h6,8-10,12,16,19H,5,7,11,13-15,17-18H2,1-4H3,(H,30,31,32). The number of sulfone groups is 2. The number of aromatic nitrogens is 3. The molecule has 0 fully saturated rings. The van der Waals surface area contributed by atoms with Gasteiger partial charge in [-0.3, -0.25) is 0 Å². The lowest BCUT2D eigenvalue weighted by atomic mass is 9.87. The van der Waals surface area contributed by atoms with Crippen LogP contribution in [0.25, 0.3) is 0 Å². The summed E-state index contributed by atoms with van der Waals surface area (Å²) in [4.78, 5) is 17.9. The van der Waals surface area contributed by atoms with E-state index in [0.29, 0.717) is 38.3 Å². The molecular formula is C28H36N6O4S2. The molecular weight excluding hydrogens is 548 g/mol. The van der Waals surface area contributed by atoms with Gasteiger partial charge in [-0.15, -0.1) is 0 Å². The molecule has 5 rings (SSSR count). The minimum Gasteiger partial charge on any atom is -0.370 e. The van der Waals surface area contributed by atoms with Gasteiger partial charge in [0.15, 0.2) is 9.84 Å². The van der Waals surface area contributed by atoms with Gasteiger partial charge in [0.2, 0.25) is 0 Å². The summed E-state index contributed by atoms with van der Waals surface area (Å²) in [5, 5.41) is 3.49. The Balaban J connectivity index is 1.37. The molecule has 2 aliphatic heterocycles. The summed E-state index contributed by atoms with van der Waals surface area (Å²) < 4.78 is 48.7. The normalized spacial score (nSPS) is 16.5. The van der Waals surface area contributed by atoms with E-state index in [2.05, 4.69) is 57.2 Å².